The second kappa shape index (κ2) is 4.58. The van der Waals surface area contributed by atoms with E-state index in [0.29, 0.717) is 16.0 Å². The zero-order valence-corrected chi connectivity index (χ0v) is 13.3. The number of hydrogen-bond acceptors (Lipinski definition) is 4. The van der Waals surface area contributed by atoms with Crippen LogP contribution in [0.25, 0.3) is 0 Å². The highest BCUT2D eigenvalue weighted by atomic mass is 32.2. The Labute approximate surface area is 120 Å². The van der Waals surface area contributed by atoms with Crippen molar-refractivity contribution in [2.75, 3.05) is 5.75 Å². The molecule has 0 atom stereocenters. The maximum absolute atomic E-state index is 12.2. The fourth-order valence-electron chi connectivity index (χ4n) is 2.91. The molecule has 0 radical (unpaired) electrons. The monoisotopic (exact) mass is 296 g/mol. The Morgan fingerprint density at radius 1 is 1.30 bits per heavy atom. The molecule has 0 fully saturated rings. The molecule has 0 unspecified atom stereocenters. The molecule has 0 amide bonds. The maximum atomic E-state index is 12.2. The van der Waals surface area contributed by atoms with E-state index in [1.807, 2.05) is 13.8 Å². The van der Waals surface area contributed by atoms with E-state index in [1.54, 1.807) is 26.8 Å². The number of carbonyl (C=O) groups is 1. The van der Waals surface area contributed by atoms with Crippen LogP contribution in [0, 0.1) is 6.92 Å². The van der Waals surface area contributed by atoms with Crippen LogP contribution in [0.4, 0.5) is 0 Å². The largest absolute Gasteiger partial charge is 0.459 e. The van der Waals surface area contributed by atoms with Gasteiger partial charge < -0.3 is 4.74 Å². The molecule has 0 bridgehead atoms. The zero-order chi connectivity index (χ0) is 15.3. The van der Waals surface area contributed by atoms with Gasteiger partial charge in [-0.15, -0.1) is 0 Å². The molecule has 0 aromatic heterocycles. The van der Waals surface area contributed by atoms with E-state index in [9.17, 15) is 13.2 Å². The lowest BCUT2D eigenvalue weighted by atomic mass is 9.82. The molecular formula is C15H20O4S. The third kappa shape index (κ3) is 2.35. The molecule has 0 aliphatic carbocycles. The maximum Gasteiger partial charge on any atom is 0.338 e. The molecule has 0 spiro atoms. The number of ether oxygens (including phenoxy) is 1. The topological polar surface area (TPSA) is 60.4 Å². The first-order chi connectivity index (χ1) is 9.06. The van der Waals surface area contributed by atoms with E-state index in [2.05, 4.69) is 0 Å². The molecule has 1 aliphatic rings. The smallest absolute Gasteiger partial charge is 0.338 e. The average molecular weight is 296 g/mol. The highest BCUT2D eigenvalue weighted by Gasteiger charge is 2.42. The van der Waals surface area contributed by atoms with Crippen molar-refractivity contribution >= 4 is 15.8 Å². The summed E-state index contributed by atoms with van der Waals surface area (Å²) in [7, 11) is -3.25. The SMILES string of the molecule is Cc1c(C(=O)OC(C)C)ccc2c1C(C)(C)CS2(=O)=O. The molecule has 110 valence electrons. The van der Waals surface area contributed by atoms with Crippen LogP contribution in [0.5, 0.6) is 0 Å². The molecular weight excluding hydrogens is 276 g/mol. The molecule has 2 rings (SSSR count). The molecule has 0 saturated carbocycles. The van der Waals surface area contributed by atoms with Crippen LogP contribution in [0.2, 0.25) is 0 Å². The van der Waals surface area contributed by atoms with Gasteiger partial charge in [0.15, 0.2) is 9.84 Å². The Hall–Kier alpha value is -1.36. The van der Waals surface area contributed by atoms with Crippen molar-refractivity contribution in [2.45, 2.75) is 51.0 Å². The first kappa shape index (κ1) is 15.0. The molecule has 1 aromatic rings. The van der Waals surface area contributed by atoms with Crippen molar-refractivity contribution in [1.82, 2.24) is 0 Å². The predicted octanol–water partition coefficient (Wildman–Crippen LogP) is 2.63. The minimum Gasteiger partial charge on any atom is -0.459 e. The third-order valence-corrected chi connectivity index (χ3v) is 5.66. The van der Waals surface area contributed by atoms with Gasteiger partial charge in [-0.05, 0) is 44.0 Å². The molecule has 1 aliphatic heterocycles. The van der Waals surface area contributed by atoms with Crippen LogP contribution in [0.1, 0.15) is 49.2 Å². The molecule has 1 heterocycles. The van der Waals surface area contributed by atoms with Crippen LogP contribution in [-0.4, -0.2) is 26.2 Å². The number of benzene rings is 1. The summed E-state index contributed by atoms with van der Waals surface area (Å²) < 4.78 is 29.5. The number of rotatable bonds is 2. The fraction of sp³-hybridized carbons (Fsp3) is 0.533. The van der Waals surface area contributed by atoms with Crippen molar-refractivity contribution in [1.29, 1.82) is 0 Å². The summed E-state index contributed by atoms with van der Waals surface area (Å²) in [6.07, 6.45) is -0.202. The van der Waals surface area contributed by atoms with Gasteiger partial charge in [0.2, 0.25) is 0 Å². The summed E-state index contributed by atoms with van der Waals surface area (Å²) in [5.41, 5.74) is 1.42. The fourth-order valence-corrected chi connectivity index (χ4v) is 5.18. The second-order valence-corrected chi connectivity index (χ2v) is 8.17. The highest BCUT2D eigenvalue weighted by Crippen LogP contribution is 2.42. The van der Waals surface area contributed by atoms with Crippen molar-refractivity contribution in [3.63, 3.8) is 0 Å². The Balaban J connectivity index is 2.62. The van der Waals surface area contributed by atoms with E-state index in [0.717, 1.165) is 5.56 Å². The van der Waals surface area contributed by atoms with Gasteiger partial charge in [-0.1, -0.05) is 13.8 Å². The van der Waals surface area contributed by atoms with Crippen molar-refractivity contribution in [2.24, 2.45) is 0 Å². The van der Waals surface area contributed by atoms with Crippen molar-refractivity contribution < 1.29 is 17.9 Å². The molecule has 5 heteroatoms. The second-order valence-electron chi connectivity index (χ2n) is 6.21. The Morgan fingerprint density at radius 2 is 1.90 bits per heavy atom. The van der Waals surface area contributed by atoms with Gasteiger partial charge in [0.05, 0.1) is 22.3 Å². The lowest BCUT2D eigenvalue weighted by molar-refractivity contribution is 0.0376. The number of esters is 1. The number of fused-ring (bicyclic) bond motifs is 1. The van der Waals surface area contributed by atoms with Gasteiger partial charge in [-0.3, -0.25) is 0 Å². The van der Waals surface area contributed by atoms with Crippen molar-refractivity contribution in [3.05, 3.63) is 28.8 Å². The van der Waals surface area contributed by atoms with Crippen LogP contribution in [0.3, 0.4) is 0 Å². The molecule has 4 nitrogen and oxygen atoms in total. The van der Waals surface area contributed by atoms with Crippen LogP contribution >= 0.6 is 0 Å². The van der Waals surface area contributed by atoms with Gasteiger partial charge in [-0.25, -0.2) is 13.2 Å². The summed E-state index contributed by atoms with van der Waals surface area (Å²) in [4.78, 5) is 12.4. The van der Waals surface area contributed by atoms with E-state index >= 15 is 0 Å². The van der Waals surface area contributed by atoms with Gasteiger partial charge in [0.25, 0.3) is 0 Å². The van der Waals surface area contributed by atoms with Crippen LogP contribution in [-0.2, 0) is 20.0 Å². The Bertz CT molecular complexity index is 669. The first-order valence-corrected chi connectivity index (χ1v) is 8.29. The summed E-state index contributed by atoms with van der Waals surface area (Å²) in [6.45, 7) is 9.14. The van der Waals surface area contributed by atoms with E-state index < -0.39 is 21.2 Å². The highest BCUT2D eigenvalue weighted by molar-refractivity contribution is 7.91. The molecule has 20 heavy (non-hydrogen) atoms. The van der Waals surface area contributed by atoms with E-state index in [4.69, 9.17) is 4.74 Å². The minimum absolute atomic E-state index is 0.0822. The summed E-state index contributed by atoms with van der Waals surface area (Å²) in [5.74, 6) is -0.320. The van der Waals surface area contributed by atoms with Crippen LogP contribution < -0.4 is 0 Å². The summed E-state index contributed by atoms with van der Waals surface area (Å²) in [5, 5.41) is 0. The quantitative estimate of drug-likeness (QED) is 0.787. The van der Waals surface area contributed by atoms with Gasteiger partial charge in [-0.2, -0.15) is 0 Å². The van der Waals surface area contributed by atoms with Crippen LogP contribution in [0.15, 0.2) is 17.0 Å². The van der Waals surface area contributed by atoms with Crippen molar-refractivity contribution in [3.8, 4) is 0 Å². The molecule has 0 N–H and O–H groups in total. The normalized spacial score (nSPS) is 18.9. The summed E-state index contributed by atoms with van der Waals surface area (Å²) in [6, 6.07) is 3.08. The number of carbonyl (C=O) groups excluding carboxylic acids is 1. The minimum atomic E-state index is -3.25. The third-order valence-electron chi connectivity index (χ3n) is 3.55. The Morgan fingerprint density at radius 3 is 2.45 bits per heavy atom. The standard InChI is InChI=1S/C15H20O4S/c1-9(2)19-14(16)11-6-7-12-13(10(11)3)15(4,5)8-20(12,17)18/h6-7,9H,8H2,1-5H3. The Kier molecular flexibility index (Phi) is 3.45. The molecule has 0 saturated heterocycles. The van der Waals surface area contributed by atoms with Gasteiger partial charge >= 0.3 is 5.97 Å². The predicted molar refractivity (Wildman–Crippen MR) is 76.8 cm³/mol. The lowest BCUT2D eigenvalue weighted by Gasteiger charge is -2.21. The van der Waals surface area contributed by atoms with E-state index in [1.165, 1.54) is 6.07 Å². The van der Waals surface area contributed by atoms with Gasteiger partial charge in [0.1, 0.15) is 0 Å². The first-order valence-electron chi connectivity index (χ1n) is 6.64. The lowest BCUT2D eigenvalue weighted by Crippen LogP contribution is -2.21. The zero-order valence-electron chi connectivity index (χ0n) is 12.5. The van der Waals surface area contributed by atoms with Gasteiger partial charge in [0, 0.05) is 5.41 Å². The average Bonchev–Trinajstić information content (AvgIpc) is 2.43. The molecule has 1 aromatic carbocycles. The summed E-state index contributed by atoms with van der Waals surface area (Å²) >= 11 is 0. The number of hydrogen-bond donors (Lipinski definition) is 0. The van der Waals surface area contributed by atoms with E-state index in [-0.39, 0.29) is 11.9 Å². The number of sulfone groups is 1.